The molecule has 0 bridgehead atoms. The van der Waals surface area contributed by atoms with Crippen LogP contribution in [-0.4, -0.2) is 9.55 Å². The highest BCUT2D eigenvalue weighted by Gasteiger charge is 2.17. The van der Waals surface area contributed by atoms with Gasteiger partial charge in [0.2, 0.25) is 0 Å². The van der Waals surface area contributed by atoms with Gasteiger partial charge in [0.1, 0.15) is 0 Å². The zero-order valence-corrected chi connectivity index (χ0v) is 29.4. The van der Waals surface area contributed by atoms with Gasteiger partial charge >= 0.3 is 0 Å². The van der Waals surface area contributed by atoms with Gasteiger partial charge in [0.05, 0.1) is 11.0 Å². The number of benzene rings is 9. The van der Waals surface area contributed by atoms with Gasteiger partial charge in [-0.1, -0.05) is 109 Å². The van der Waals surface area contributed by atoms with Crippen molar-refractivity contribution in [2.45, 2.75) is 0 Å². The van der Waals surface area contributed by atoms with Crippen LogP contribution >= 0.6 is 0 Å². The molecule has 3 nitrogen and oxygen atoms in total. The van der Waals surface area contributed by atoms with Crippen LogP contribution in [0.5, 0.6) is 0 Å². The van der Waals surface area contributed by atoms with Crippen LogP contribution in [0.2, 0.25) is 0 Å². The number of hydrogen-bond donors (Lipinski definition) is 0. The van der Waals surface area contributed by atoms with Gasteiger partial charge in [-0.15, -0.1) is 0 Å². The van der Waals surface area contributed by atoms with E-state index in [1.165, 1.54) is 70.9 Å². The summed E-state index contributed by atoms with van der Waals surface area (Å²) in [5.74, 6) is 0. The summed E-state index contributed by atoms with van der Waals surface area (Å²) < 4.78 is 2.41. The number of hydrogen-bond acceptors (Lipinski definition) is 2. The fourth-order valence-electron chi connectivity index (χ4n) is 8.48. The van der Waals surface area contributed by atoms with Gasteiger partial charge in [-0.25, -0.2) is 0 Å². The van der Waals surface area contributed by atoms with Crippen molar-refractivity contribution in [3.63, 3.8) is 0 Å². The molecule has 0 atom stereocenters. The zero-order valence-electron chi connectivity index (χ0n) is 29.4. The number of rotatable bonds is 6. The van der Waals surface area contributed by atoms with Gasteiger partial charge in [0, 0.05) is 45.9 Å². The first-order chi connectivity index (χ1) is 26.8. The quantitative estimate of drug-likeness (QED) is 0.162. The number of para-hydroxylation sites is 3. The van der Waals surface area contributed by atoms with Crippen molar-refractivity contribution in [1.82, 2.24) is 9.55 Å². The van der Waals surface area contributed by atoms with E-state index in [4.69, 9.17) is 0 Å². The molecule has 11 aromatic rings. The molecule has 0 spiro atoms. The average molecular weight is 688 g/mol. The summed E-state index contributed by atoms with van der Waals surface area (Å²) in [5, 5.41) is 10.2. The van der Waals surface area contributed by atoms with E-state index in [0.717, 1.165) is 28.2 Å². The first-order valence-corrected chi connectivity index (χ1v) is 18.4. The molecule has 0 aliphatic carbocycles. The number of nitrogens with zero attached hydrogens (tertiary/aromatic N) is 3. The third-order valence-corrected chi connectivity index (χ3v) is 11.0. The Morgan fingerprint density at radius 3 is 1.39 bits per heavy atom. The van der Waals surface area contributed by atoms with E-state index in [1.54, 1.807) is 0 Å². The molecule has 9 aromatic carbocycles. The molecule has 0 amide bonds. The lowest BCUT2D eigenvalue weighted by Gasteiger charge is -2.26. The maximum absolute atomic E-state index is 4.30. The van der Waals surface area contributed by atoms with Gasteiger partial charge in [-0.2, -0.15) is 0 Å². The Bertz CT molecular complexity index is 3010. The summed E-state index contributed by atoms with van der Waals surface area (Å²) >= 11 is 0. The second-order valence-corrected chi connectivity index (χ2v) is 14.1. The van der Waals surface area contributed by atoms with Gasteiger partial charge in [0.15, 0.2) is 0 Å². The molecule has 11 rings (SSSR count). The van der Waals surface area contributed by atoms with Crippen LogP contribution < -0.4 is 4.90 Å². The van der Waals surface area contributed by atoms with Crippen molar-refractivity contribution in [3.8, 4) is 27.9 Å². The van der Waals surface area contributed by atoms with E-state index in [2.05, 4.69) is 196 Å². The fraction of sp³-hybridized carbons (Fsp3) is 0. The molecule has 0 saturated heterocycles. The second-order valence-electron chi connectivity index (χ2n) is 14.1. The number of anilines is 3. The number of pyridine rings is 1. The van der Waals surface area contributed by atoms with Crippen molar-refractivity contribution >= 4 is 71.2 Å². The van der Waals surface area contributed by atoms with Crippen molar-refractivity contribution in [2.75, 3.05) is 4.90 Å². The summed E-state index contributed by atoms with van der Waals surface area (Å²) in [6.45, 7) is 0. The van der Waals surface area contributed by atoms with E-state index in [1.807, 2.05) is 18.5 Å². The topological polar surface area (TPSA) is 21.1 Å². The maximum Gasteiger partial charge on any atom is 0.0541 e. The predicted octanol–water partition coefficient (Wildman–Crippen LogP) is 13.9. The van der Waals surface area contributed by atoms with E-state index < -0.39 is 0 Å². The van der Waals surface area contributed by atoms with Crippen molar-refractivity contribution in [3.05, 3.63) is 200 Å². The minimum Gasteiger partial charge on any atom is -0.311 e. The SMILES string of the molecule is c1ccc(N(c2ccc(-c3cccnc3)cc2)c2ccc(-c3cc4ccc5cc(-n6c7ccccc7c7ccccc76)cc6ccc(c3)c4c56)cc2)cc1. The molecule has 54 heavy (non-hydrogen) atoms. The molecular weight excluding hydrogens is 655 g/mol. The van der Waals surface area contributed by atoms with E-state index in [9.17, 15) is 0 Å². The summed E-state index contributed by atoms with van der Waals surface area (Å²) in [5.41, 5.74) is 11.6. The molecule has 0 saturated carbocycles. The lowest BCUT2D eigenvalue weighted by Crippen LogP contribution is -2.09. The molecule has 0 radical (unpaired) electrons. The van der Waals surface area contributed by atoms with Crippen LogP contribution in [0.3, 0.4) is 0 Å². The highest BCUT2D eigenvalue weighted by Crippen LogP contribution is 2.41. The zero-order chi connectivity index (χ0) is 35.6. The Kier molecular flexibility index (Phi) is 6.86. The molecule has 0 aliphatic heterocycles. The Morgan fingerprint density at radius 2 is 0.852 bits per heavy atom. The molecule has 252 valence electrons. The van der Waals surface area contributed by atoms with Crippen LogP contribution in [0.25, 0.3) is 82.1 Å². The van der Waals surface area contributed by atoms with E-state index in [-0.39, 0.29) is 0 Å². The summed E-state index contributed by atoms with van der Waals surface area (Å²) in [6, 6.07) is 68.4. The summed E-state index contributed by atoms with van der Waals surface area (Å²) in [7, 11) is 0. The van der Waals surface area contributed by atoms with Gasteiger partial charge in [0.25, 0.3) is 0 Å². The van der Waals surface area contributed by atoms with E-state index >= 15 is 0 Å². The minimum atomic E-state index is 1.10. The van der Waals surface area contributed by atoms with Crippen molar-refractivity contribution in [1.29, 1.82) is 0 Å². The maximum atomic E-state index is 4.30. The molecule has 2 aromatic heterocycles. The highest BCUT2D eigenvalue weighted by molar-refractivity contribution is 6.24. The fourth-order valence-corrected chi connectivity index (χ4v) is 8.48. The average Bonchev–Trinajstić information content (AvgIpc) is 3.58. The Morgan fingerprint density at radius 1 is 0.370 bits per heavy atom. The largest absolute Gasteiger partial charge is 0.311 e. The van der Waals surface area contributed by atoms with Crippen molar-refractivity contribution in [2.24, 2.45) is 0 Å². The molecule has 0 aliphatic rings. The molecule has 0 fully saturated rings. The lowest BCUT2D eigenvalue weighted by atomic mass is 9.91. The molecule has 2 heterocycles. The van der Waals surface area contributed by atoms with Crippen LogP contribution in [0.4, 0.5) is 17.1 Å². The second kappa shape index (κ2) is 12.2. The highest BCUT2D eigenvalue weighted by atomic mass is 15.1. The minimum absolute atomic E-state index is 1.10. The smallest absolute Gasteiger partial charge is 0.0541 e. The predicted molar refractivity (Wildman–Crippen MR) is 228 cm³/mol. The normalized spacial score (nSPS) is 11.7. The molecule has 0 unspecified atom stereocenters. The third-order valence-electron chi connectivity index (χ3n) is 11.0. The monoisotopic (exact) mass is 687 g/mol. The van der Waals surface area contributed by atoms with Gasteiger partial charge in [-0.05, 0) is 133 Å². The Hall–Kier alpha value is -7.23. The Labute approximate surface area is 313 Å². The standard InChI is InChI=1S/C51H33N3/c1-2-10-42(11-3-1)53(43-24-20-34(21-25-43)40-9-8-28-52-33-40)44-26-22-35(23-27-44)41-29-36-16-18-38-31-45(32-39-19-17-37(30-41)50(36)51(38)39)54-48-14-6-4-12-46(48)47-13-5-7-15-49(47)54/h1-33H. The Balaban J connectivity index is 0.975. The summed E-state index contributed by atoms with van der Waals surface area (Å²) in [6.07, 6.45) is 3.72. The number of fused-ring (bicyclic) bond motifs is 3. The van der Waals surface area contributed by atoms with E-state index in [0.29, 0.717) is 0 Å². The lowest BCUT2D eigenvalue weighted by molar-refractivity contribution is 1.19. The van der Waals surface area contributed by atoms with Crippen molar-refractivity contribution < 1.29 is 0 Å². The van der Waals surface area contributed by atoms with Crippen LogP contribution in [0.1, 0.15) is 0 Å². The van der Waals surface area contributed by atoms with Gasteiger partial charge in [-0.3, -0.25) is 4.98 Å². The first-order valence-electron chi connectivity index (χ1n) is 18.4. The van der Waals surface area contributed by atoms with Crippen LogP contribution in [0, 0.1) is 0 Å². The number of aromatic nitrogens is 2. The van der Waals surface area contributed by atoms with Crippen LogP contribution in [-0.2, 0) is 0 Å². The molecular formula is C51H33N3. The molecule has 0 N–H and O–H groups in total. The third kappa shape index (κ3) is 4.87. The first kappa shape index (κ1) is 30.4. The molecule has 3 heteroatoms. The summed E-state index contributed by atoms with van der Waals surface area (Å²) in [4.78, 5) is 6.61. The van der Waals surface area contributed by atoms with Crippen LogP contribution in [0.15, 0.2) is 200 Å². The van der Waals surface area contributed by atoms with Gasteiger partial charge < -0.3 is 9.47 Å².